The first-order valence-electron chi connectivity index (χ1n) is 13.9. The van der Waals surface area contributed by atoms with Gasteiger partial charge in [-0.05, 0) is 65.8 Å². The molecule has 0 spiro atoms. The van der Waals surface area contributed by atoms with E-state index in [0.29, 0.717) is 6.61 Å². The van der Waals surface area contributed by atoms with Crippen LogP contribution in [0.4, 0.5) is 0 Å². The average molecular weight is 639 g/mol. The zero-order valence-electron chi connectivity index (χ0n) is 23.7. The van der Waals surface area contributed by atoms with Crippen molar-refractivity contribution in [1.29, 1.82) is 0 Å². The number of alkyl halides is 1. The number of hydrogen-bond donors (Lipinski definition) is 0. The fourth-order valence-corrected chi connectivity index (χ4v) is 10.5. The minimum atomic E-state index is -2.50. The molecule has 0 amide bonds. The molecule has 6 heteroatoms. The van der Waals surface area contributed by atoms with Gasteiger partial charge in [0, 0.05) is 6.61 Å². The zero-order chi connectivity index (χ0) is 26.9. The molecule has 3 rings (SSSR count). The van der Waals surface area contributed by atoms with Gasteiger partial charge in [-0.25, -0.2) is 0 Å². The standard InChI is InChI=1S/C31H47IO4Si/c1-7-28(29-24-33-31(5,6)36-29)35-25(16-14-22-32)17-15-23-34-37(30(2,3)4,26-18-10-8-11-19-26)27-20-12-9-13-21-27/h8-13,18-21,25,28-29H,7,14-17,22-24H2,1-6H3/t25-,28+,29-/m1/s1. The summed E-state index contributed by atoms with van der Waals surface area (Å²) >= 11 is 2.46. The quantitative estimate of drug-likeness (QED) is 0.0980. The summed E-state index contributed by atoms with van der Waals surface area (Å²) < 4.78 is 26.9. The van der Waals surface area contributed by atoms with E-state index < -0.39 is 14.1 Å². The minimum Gasteiger partial charge on any atom is -0.407 e. The lowest BCUT2D eigenvalue weighted by atomic mass is 10.1. The lowest BCUT2D eigenvalue weighted by molar-refractivity contribution is -0.164. The molecule has 1 saturated heterocycles. The van der Waals surface area contributed by atoms with Gasteiger partial charge in [-0.3, -0.25) is 0 Å². The third-order valence-corrected chi connectivity index (χ3v) is 13.1. The Morgan fingerprint density at radius 3 is 2.00 bits per heavy atom. The largest absolute Gasteiger partial charge is 0.407 e. The van der Waals surface area contributed by atoms with Crippen LogP contribution in [-0.4, -0.2) is 50.1 Å². The maximum absolute atomic E-state index is 7.12. The monoisotopic (exact) mass is 638 g/mol. The Morgan fingerprint density at radius 1 is 0.973 bits per heavy atom. The van der Waals surface area contributed by atoms with Crippen LogP contribution in [0.2, 0.25) is 5.04 Å². The number of rotatable bonds is 14. The van der Waals surface area contributed by atoms with E-state index in [1.54, 1.807) is 0 Å². The molecule has 0 N–H and O–H groups in total. The molecule has 0 aromatic heterocycles. The van der Waals surface area contributed by atoms with Gasteiger partial charge < -0.3 is 18.6 Å². The SMILES string of the molecule is CC[C@H](O[C@H](CCCI)CCCO[Si](c1ccccc1)(c1ccccc1)C(C)(C)C)[C@H]1COC(C)(C)O1. The van der Waals surface area contributed by atoms with Gasteiger partial charge in [0.1, 0.15) is 6.10 Å². The van der Waals surface area contributed by atoms with E-state index in [0.717, 1.165) is 43.1 Å². The molecule has 3 atom stereocenters. The maximum Gasteiger partial charge on any atom is 0.261 e. The first-order chi connectivity index (χ1) is 17.6. The summed E-state index contributed by atoms with van der Waals surface area (Å²) in [5.74, 6) is -0.525. The molecule has 0 aliphatic carbocycles. The van der Waals surface area contributed by atoms with Gasteiger partial charge >= 0.3 is 0 Å². The summed E-state index contributed by atoms with van der Waals surface area (Å²) in [6.45, 7) is 14.5. The van der Waals surface area contributed by atoms with Crippen LogP contribution >= 0.6 is 22.6 Å². The Bertz CT molecular complexity index is 876. The van der Waals surface area contributed by atoms with Crippen molar-refractivity contribution in [1.82, 2.24) is 0 Å². The van der Waals surface area contributed by atoms with Crippen LogP contribution in [0.25, 0.3) is 0 Å². The summed E-state index contributed by atoms with van der Waals surface area (Å²) in [7, 11) is -2.50. The van der Waals surface area contributed by atoms with E-state index in [4.69, 9.17) is 18.6 Å². The van der Waals surface area contributed by atoms with E-state index in [2.05, 4.69) is 111 Å². The van der Waals surface area contributed by atoms with E-state index in [9.17, 15) is 0 Å². The van der Waals surface area contributed by atoms with Crippen LogP contribution in [0.3, 0.4) is 0 Å². The Hall–Kier alpha value is -0.773. The van der Waals surface area contributed by atoms with Crippen LogP contribution in [0, 0.1) is 0 Å². The molecule has 1 aliphatic heterocycles. The van der Waals surface area contributed by atoms with E-state index in [-0.39, 0.29) is 23.4 Å². The van der Waals surface area contributed by atoms with Gasteiger partial charge in [0.25, 0.3) is 8.32 Å². The summed E-state index contributed by atoms with van der Waals surface area (Å²) in [5, 5.41) is 2.66. The molecule has 2 aromatic carbocycles. The summed E-state index contributed by atoms with van der Waals surface area (Å²) in [4.78, 5) is 0. The minimum absolute atomic E-state index is 0.00420. The van der Waals surface area contributed by atoms with Crippen molar-refractivity contribution in [2.75, 3.05) is 17.6 Å². The lowest BCUT2D eigenvalue weighted by Crippen LogP contribution is -2.66. The summed E-state index contributed by atoms with van der Waals surface area (Å²) in [6, 6.07) is 21.8. The van der Waals surface area contributed by atoms with Gasteiger partial charge in [-0.1, -0.05) is 111 Å². The molecule has 1 fully saturated rings. The maximum atomic E-state index is 7.12. The summed E-state index contributed by atoms with van der Waals surface area (Å²) in [6.07, 6.45) is 5.36. The molecule has 1 aliphatic rings. The molecule has 0 saturated carbocycles. The Balaban J connectivity index is 1.72. The molecule has 1 heterocycles. The van der Waals surface area contributed by atoms with E-state index in [1.807, 2.05) is 13.8 Å². The highest BCUT2D eigenvalue weighted by Gasteiger charge is 2.50. The third kappa shape index (κ3) is 8.12. The summed E-state index contributed by atoms with van der Waals surface area (Å²) in [5.41, 5.74) is 0. The third-order valence-electron chi connectivity index (χ3n) is 7.28. The number of halogens is 1. The molecule has 0 bridgehead atoms. The fourth-order valence-electron chi connectivity index (χ4n) is 5.48. The van der Waals surface area contributed by atoms with Crippen LogP contribution < -0.4 is 10.4 Å². The molecular weight excluding hydrogens is 591 g/mol. The highest BCUT2D eigenvalue weighted by molar-refractivity contribution is 14.1. The van der Waals surface area contributed by atoms with Crippen molar-refractivity contribution < 1.29 is 18.6 Å². The molecule has 2 aromatic rings. The predicted octanol–water partition coefficient (Wildman–Crippen LogP) is 6.87. The highest BCUT2D eigenvalue weighted by atomic mass is 127. The van der Waals surface area contributed by atoms with Crippen molar-refractivity contribution in [2.24, 2.45) is 0 Å². The predicted molar refractivity (Wildman–Crippen MR) is 165 cm³/mol. The molecule has 206 valence electrons. The van der Waals surface area contributed by atoms with Crippen LogP contribution in [0.15, 0.2) is 60.7 Å². The normalized spacial score (nSPS) is 19.6. The first-order valence-corrected chi connectivity index (χ1v) is 17.3. The second-order valence-electron chi connectivity index (χ2n) is 11.6. The van der Waals surface area contributed by atoms with Crippen LogP contribution in [0.1, 0.15) is 73.6 Å². The zero-order valence-corrected chi connectivity index (χ0v) is 26.8. The smallest absolute Gasteiger partial charge is 0.261 e. The van der Waals surface area contributed by atoms with Gasteiger partial charge in [-0.15, -0.1) is 0 Å². The van der Waals surface area contributed by atoms with Crippen molar-refractivity contribution in [2.45, 2.75) is 103 Å². The first kappa shape index (κ1) is 30.8. The van der Waals surface area contributed by atoms with Crippen molar-refractivity contribution in [3.8, 4) is 0 Å². The van der Waals surface area contributed by atoms with Crippen molar-refractivity contribution in [3.63, 3.8) is 0 Å². The second kappa shape index (κ2) is 14.0. The van der Waals surface area contributed by atoms with Gasteiger partial charge in [0.15, 0.2) is 5.79 Å². The highest BCUT2D eigenvalue weighted by Crippen LogP contribution is 2.37. The second-order valence-corrected chi connectivity index (χ2v) is 16.9. The average Bonchev–Trinajstić information content (AvgIpc) is 3.24. The molecule has 4 nitrogen and oxygen atoms in total. The Labute approximate surface area is 240 Å². The van der Waals surface area contributed by atoms with Crippen molar-refractivity contribution in [3.05, 3.63) is 60.7 Å². The lowest BCUT2D eigenvalue weighted by Gasteiger charge is -2.43. The fraction of sp³-hybridized carbons (Fsp3) is 0.613. The van der Waals surface area contributed by atoms with E-state index >= 15 is 0 Å². The Morgan fingerprint density at radius 2 is 1.54 bits per heavy atom. The van der Waals surface area contributed by atoms with E-state index in [1.165, 1.54) is 10.4 Å². The number of benzene rings is 2. The molecule has 0 radical (unpaired) electrons. The van der Waals surface area contributed by atoms with Gasteiger partial charge in [0.2, 0.25) is 0 Å². The van der Waals surface area contributed by atoms with Gasteiger partial charge in [0.05, 0.1) is 18.8 Å². The number of ether oxygens (including phenoxy) is 3. The molecular formula is C31H47IO4Si. The van der Waals surface area contributed by atoms with Crippen LogP contribution in [0.5, 0.6) is 0 Å². The Kier molecular flexibility index (Phi) is 11.7. The molecule has 0 unspecified atom stereocenters. The topological polar surface area (TPSA) is 36.9 Å². The number of hydrogen-bond acceptors (Lipinski definition) is 4. The van der Waals surface area contributed by atoms with Gasteiger partial charge in [-0.2, -0.15) is 0 Å². The van der Waals surface area contributed by atoms with Crippen molar-refractivity contribution >= 4 is 41.3 Å². The molecule has 37 heavy (non-hydrogen) atoms. The van der Waals surface area contributed by atoms with Crippen LogP contribution in [-0.2, 0) is 18.6 Å².